The minimum Gasteiger partial charge on any atom is -0.388 e. The molecule has 0 bridgehead atoms. The van der Waals surface area contributed by atoms with E-state index in [1.807, 2.05) is 18.2 Å². The van der Waals surface area contributed by atoms with Crippen LogP contribution < -0.4 is 10.2 Å². The Hall–Kier alpha value is -1.39. The fourth-order valence-corrected chi connectivity index (χ4v) is 2.75. The van der Waals surface area contributed by atoms with E-state index < -0.39 is 6.10 Å². The van der Waals surface area contributed by atoms with Crippen molar-refractivity contribution in [2.45, 2.75) is 39.7 Å². The fourth-order valence-electron chi connectivity index (χ4n) is 2.75. The third-order valence-corrected chi connectivity index (χ3v) is 3.91. The lowest BCUT2D eigenvalue weighted by Gasteiger charge is -2.16. The maximum atomic E-state index is 11.5. The molecule has 1 amide bonds. The van der Waals surface area contributed by atoms with Gasteiger partial charge >= 0.3 is 0 Å². The van der Waals surface area contributed by atoms with Crippen LogP contribution in [-0.2, 0) is 11.2 Å². The van der Waals surface area contributed by atoms with Crippen LogP contribution in [0.25, 0.3) is 0 Å². The van der Waals surface area contributed by atoms with E-state index in [1.165, 1.54) is 0 Å². The van der Waals surface area contributed by atoms with E-state index in [0.717, 1.165) is 42.9 Å². The van der Waals surface area contributed by atoms with Gasteiger partial charge in [0.25, 0.3) is 0 Å². The van der Waals surface area contributed by atoms with Crippen LogP contribution in [0.4, 0.5) is 5.69 Å². The normalized spacial score (nSPS) is 15.4. The van der Waals surface area contributed by atoms with Crippen LogP contribution in [0.3, 0.4) is 0 Å². The highest BCUT2D eigenvalue weighted by atomic mass is 16.3. The second kappa shape index (κ2) is 7.05. The zero-order chi connectivity index (χ0) is 15.4. The van der Waals surface area contributed by atoms with E-state index in [1.54, 1.807) is 11.8 Å². The minimum absolute atomic E-state index is 0.0833. The molecular formula is C17H26N2O2. The molecule has 21 heavy (non-hydrogen) atoms. The van der Waals surface area contributed by atoms with Gasteiger partial charge in [0, 0.05) is 19.2 Å². The summed E-state index contributed by atoms with van der Waals surface area (Å²) in [6.45, 7) is 8.48. The molecular weight excluding hydrogens is 264 g/mol. The van der Waals surface area contributed by atoms with Gasteiger partial charge in [0.15, 0.2) is 0 Å². The third-order valence-electron chi connectivity index (χ3n) is 3.91. The van der Waals surface area contributed by atoms with Crippen molar-refractivity contribution in [2.75, 3.05) is 24.5 Å². The molecule has 4 nitrogen and oxygen atoms in total. The summed E-state index contributed by atoms with van der Waals surface area (Å²) in [5.41, 5.74) is 3.11. The van der Waals surface area contributed by atoms with Gasteiger partial charge in [-0.15, -0.1) is 0 Å². The van der Waals surface area contributed by atoms with Crippen LogP contribution in [0.5, 0.6) is 0 Å². The molecule has 1 aromatic carbocycles. The molecule has 2 N–H and O–H groups in total. The van der Waals surface area contributed by atoms with Crippen LogP contribution in [0.15, 0.2) is 18.2 Å². The number of carbonyl (C=O) groups excluding carboxylic acids is 1. The number of amides is 1. The lowest BCUT2D eigenvalue weighted by Crippen LogP contribution is -2.25. The second-order valence-electron chi connectivity index (χ2n) is 6.21. The van der Waals surface area contributed by atoms with Crippen molar-refractivity contribution in [2.24, 2.45) is 5.92 Å². The van der Waals surface area contributed by atoms with Crippen molar-refractivity contribution in [3.05, 3.63) is 29.3 Å². The molecule has 0 aliphatic carbocycles. The van der Waals surface area contributed by atoms with Crippen molar-refractivity contribution in [3.63, 3.8) is 0 Å². The molecule has 116 valence electrons. The SMILES string of the molecule is CC(=O)N1CCc2cc(C(O)CCNCC(C)C)ccc21. The molecule has 1 aromatic rings. The zero-order valence-corrected chi connectivity index (χ0v) is 13.2. The molecule has 2 rings (SSSR count). The number of rotatable bonds is 6. The molecule has 1 aliphatic rings. The molecule has 0 fully saturated rings. The van der Waals surface area contributed by atoms with E-state index in [0.29, 0.717) is 12.3 Å². The lowest BCUT2D eigenvalue weighted by molar-refractivity contribution is -0.116. The predicted molar refractivity (Wildman–Crippen MR) is 85.5 cm³/mol. The van der Waals surface area contributed by atoms with Crippen LogP contribution in [-0.4, -0.2) is 30.6 Å². The summed E-state index contributed by atoms with van der Waals surface area (Å²) in [6.07, 6.45) is 1.14. The van der Waals surface area contributed by atoms with Gasteiger partial charge in [-0.1, -0.05) is 26.0 Å². The number of nitrogens with zero attached hydrogens (tertiary/aromatic N) is 1. The molecule has 1 unspecified atom stereocenters. The Morgan fingerprint density at radius 2 is 2.19 bits per heavy atom. The van der Waals surface area contributed by atoms with Crippen molar-refractivity contribution in [3.8, 4) is 0 Å². The second-order valence-corrected chi connectivity index (χ2v) is 6.21. The van der Waals surface area contributed by atoms with Gasteiger partial charge in [-0.3, -0.25) is 4.79 Å². The average molecular weight is 290 g/mol. The average Bonchev–Trinajstić information content (AvgIpc) is 2.86. The number of hydrogen-bond acceptors (Lipinski definition) is 3. The summed E-state index contributed by atoms with van der Waals surface area (Å²) in [5, 5.41) is 13.6. The zero-order valence-electron chi connectivity index (χ0n) is 13.2. The first-order chi connectivity index (χ1) is 9.99. The third kappa shape index (κ3) is 4.05. The maximum absolute atomic E-state index is 11.5. The standard InChI is InChI=1S/C17H26N2O2/c1-12(2)11-18-8-6-17(21)15-4-5-16-14(10-15)7-9-19(16)13(3)20/h4-5,10,12,17-18,21H,6-9,11H2,1-3H3. The van der Waals surface area contributed by atoms with E-state index >= 15 is 0 Å². The Labute approximate surface area is 127 Å². The molecule has 4 heteroatoms. The Bertz CT molecular complexity index is 500. The van der Waals surface area contributed by atoms with Crippen molar-refractivity contribution in [1.82, 2.24) is 5.32 Å². The van der Waals surface area contributed by atoms with E-state index in [4.69, 9.17) is 0 Å². The summed E-state index contributed by atoms with van der Waals surface area (Å²) in [7, 11) is 0. The largest absolute Gasteiger partial charge is 0.388 e. The van der Waals surface area contributed by atoms with Crippen molar-refractivity contribution >= 4 is 11.6 Å². The van der Waals surface area contributed by atoms with Gasteiger partial charge in [0.05, 0.1) is 6.10 Å². The Morgan fingerprint density at radius 1 is 1.43 bits per heavy atom. The van der Waals surface area contributed by atoms with E-state index in [2.05, 4.69) is 19.2 Å². The van der Waals surface area contributed by atoms with Gasteiger partial charge < -0.3 is 15.3 Å². The van der Waals surface area contributed by atoms with Crippen molar-refractivity contribution in [1.29, 1.82) is 0 Å². The Kier molecular flexibility index (Phi) is 5.37. The molecule has 0 radical (unpaired) electrons. The van der Waals surface area contributed by atoms with Crippen LogP contribution in [0, 0.1) is 5.92 Å². The summed E-state index contributed by atoms with van der Waals surface area (Å²) in [6, 6.07) is 5.95. The van der Waals surface area contributed by atoms with Crippen LogP contribution in [0.1, 0.15) is 44.4 Å². The molecule has 0 saturated heterocycles. The molecule has 0 aromatic heterocycles. The first-order valence-electron chi connectivity index (χ1n) is 7.78. The first kappa shape index (κ1) is 16.0. The highest BCUT2D eigenvalue weighted by molar-refractivity contribution is 5.93. The van der Waals surface area contributed by atoms with Gasteiger partial charge in [0.2, 0.25) is 5.91 Å². The number of carbonyl (C=O) groups is 1. The molecule has 0 spiro atoms. The van der Waals surface area contributed by atoms with Gasteiger partial charge in [-0.05, 0) is 49.0 Å². The highest BCUT2D eigenvalue weighted by Crippen LogP contribution is 2.31. The first-order valence-corrected chi connectivity index (χ1v) is 7.78. The number of benzene rings is 1. The molecule has 0 saturated carbocycles. The number of hydrogen-bond donors (Lipinski definition) is 2. The summed E-state index contributed by atoms with van der Waals surface area (Å²) < 4.78 is 0. The summed E-state index contributed by atoms with van der Waals surface area (Å²) >= 11 is 0. The highest BCUT2D eigenvalue weighted by Gasteiger charge is 2.23. The van der Waals surface area contributed by atoms with Crippen LogP contribution in [0.2, 0.25) is 0 Å². The molecule has 1 atom stereocenters. The predicted octanol–water partition coefficient (Wildman–Crippen LogP) is 2.26. The quantitative estimate of drug-likeness (QED) is 0.790. The Balaban J connectivity index is 1.94. The smallest absolute Gasteiger partial charge is 0.223 e. The monoisotopic (exact) mass is 290 g/mol. The molecule has 1 aliphatic heterocycles. The lowest BCUT2D eigenvalue weighted by atomic mass is 10.0. The topological polar surface area (TPSA) is 52.6 Å². The number of fused-ring (bicyclic) bond motifs is 1. The minimum atomic E-state index is -0.443. The van der Waals surface area contributed by atoms with E-state index in [-0.39, 0.29) is 5.91 Å². The van der Waals surface area contributed by atoms with Gasteiger partial charge in [-0.25, -0.2) is 0 Å². The number of nitrogens with one attached hydrogen (secondary N) is 1. The number of anilines is 1. The van der Waals surface area contributed by atoms with Gasteiger partial charge in [-0.2, -0.15) is 0 Å². The van der Waals surface area contributed by atoms with Gasteiger partial charge in [0.1, 0.15) is 0 Å². The number of aliphatic hydroxyl groups is 1. The summed E-state index contributed by atoms with van der Waals surface area (Å²) in [4.78, 5) is 13.3. The van der Waals surface area contributed by atoms with Crippen molar-refractivity contribution < 1.29 is 9.90 Å². The summed E-state index contributed by atoms with van der Waals surface area (Å²) in [5.74, 6) is 0.708. The van der Waals surface area contributed by atoms with E-state index in [9.17, 15) is 9.90 Å². The maximum Gasteiger partial charge on any atom is 0.223 e. The fraction of sp³-hybridized carbons (Fsp3) is 0.588. The van der Waals surface area contributed by atoms with Crippen LogP contribution >= 0.6 is 0 Å². The Morgan fingerprint density at radius 3 is 2.86 bits per heavy atom. The number of aliphatic hydroxyl groups excluding tert-OH is 1. The molecule has 1 heterocycles.